The van der Waals surface area contributed by atoms with E-state index in [0.29, 0.717) is 28.8 Å². The second kappa shape index (κ2) is 9.91. The van der Waals surface area contributed by atoms with Gasteiger partial charge in [0.1, 0.15) is 17.3 Å². The number of aromatic nitrogens is 5. The first kappa shape index (κ1) is 24.9. The topological polar surface area (TPSA) is 131 Å². The first-order valence-corrected chi connectivity index (χ1v) is 14.6. The molecule has 2 saturated carbocycles. The van der Waals surface area contributed by atoms with E-state index in [1.54, 1.807) is 23.5 Å². The Hall–Kier alpha value is -4.84. The lowest BCUT2D eigenvalue weighted by molar-refractivity contribution is -0.116. The first-order valence-electron chi connectivity index (χ1n) is 13.8. The molecule has 1 amide bonds. The van der Waals surface area contributed by atoms with Gasteiger partial charge in [-0.3, -0.25) is 4.79 Å². The van der Waals surface area contributed by atoms with Crippen LogP contribution in [0.25, 0.3) is 22.0 Å². The first-order chi connectivity index (χ1) is 20.6. The minimum Gasteiger partial charge on any atom is -0.402 e. The van der Waals surface area contributed by atoms with E-state index < -0.39 is 17.9 Å². The number of fused-ring (bicyclic) bond motifs is 1. The number of aliphatic imine (C=N–C) groups is 1. The fourth-order valence-corrected chi connectivity index (χ4v) is 6.11. The van der Waals surface area contributed by atoms with Crippen LogP contribution >= 0.6 is 11.3 Å². The van der Waals surface area contributed by atoms with Crippen LogP contribution in [0.15, 0.2) is 70.3 Å². The van der Waals surface area contributed by atoms with Crippen molar-refractivity contribution in [3.63, 3.8) is 0 Å². The predicted molar refractivity (Wildman–Crippen MR) is 155 cm³/mol. The molecule has 208 valence electrons. The Balaban J connectivity index is 1.13. The van der Waals surface area contributed by atoms with E-state index in [1.807, 2.05) is 42.7 Å². The van der Waals surface area contributed by atoms with E-state index >= 15 is 0 Å². The number of para-hydroxylation sites is 1. The summed E-state index contributed by atoms with van der Waals surface area (Å²) in [5, 5.41) is 15.0. The van der Waals surface area contributed by atoms with Gasteiger partial charge in [0.05, 0.1) is 21.3 Å². The van der Waals surface area contributed by atoms with Gasteiger partial charge in [-0.1, -0.05) is 47.6 Å². The average Bonchev–Trinajstić information content (AvgIpc) is 3.95. The number of rotatable bonds is 7. The molecule has 0 spiro atoms. The van der Waals surface area contributed by atoms with E-state index in [4.69, 9.17) is 9.40 Å². The summed E-state index contributed by atoms with van der Waals surface area (Å²) in [6.45, 7) is 0. The second-order valence-corrected chi connectivity index (χ2v) is 11.6. The van der Waals surface area contributed by atoms with Gasteiger partial charge in [-0.15, -0.1) is 16.4 Å². The van der Waals surface area contributed by atoms with Crippen LogP contribution in [0.1, 0.15) is 59.5 Å². The molecule has 2 aromatic carbocycles. The van der Waals surface area contributed by atoms with Crippen molar-refractivity contribution in [1.82, 2.24) is 25.1 Å². The summed E-state index contributed by atoms with van der Waals surface area (Å²) >= 11 is 1.59. The zero-order valence-corrected chi connectivity index (χ0v) is 22.9. The number of hydrogen-bond acceptors (Lipinski definition) is 10. The van der Waals surface area contributed by atoms with Gasteiger partial charge < -0.3 is 15.1 Å². The number of hydrogen-bond donors (Lipinski definition) is 2. The highest BCUT2D eigenvalue weighted by molar-refractivity contribution is 7.15. The largest absolute Gasteiger partial charge is 0.402 e. The average molecular weight is 579 g/mol. The van der Waals surface area contributed by atoms with E-state index in [0.717, 1.165) is 52.5 Å². The quantitative estimate of drug-likeness (QED) is 0.249. The maximum atomic E-state index is 14.8. The number of benzodiazepines with no additional fused rings is 1. The molecule has 12 heteroatoms. The van der Waals surface area contributed by atoms with Crippen LogP contribution in [0.3, 0.4) is 0 Å². The number of carbonyl (C=O) groups is 1. The van der Waals surface area contributed by atoms with Crippen molar-refractivity contribution >= 4 is 34.7 Å². The highest BCUT2D eigenvalue weighted by Gasteiger charge is 2.32. The third-order valence-corrected chi connectivity index (χ3v) is 8.67. The summed E-state index contributed by atoms with van der Waals surface area (Å²) in [4.78, 5) is 32.8. The number of carbonyl (C=O) groups excluding carboxylic acids is 1. The molecule has 2 aliphatic carbocycles. The summed E-state index contributed by atoms with van der Waals surface area (Å²) < 4.78 is 20.8. The van der Waals surface area contributed by atoms with Crippen LogP contribution in [0.4, 0.5) is 16.1 Å². The van der Waals surface area contributed by atoms with Crippen molar-refractivity contribution in [2.24, 2.45) is 4.99 Å². The molecule has 0 unspecified atom stereocenters. The fourth-order valence-electron chi connectivity index (χ4n) is 4.91. The molecule has 0 saturated heterocycles. The molecule has 0 bridgehead atoms. The molecule has 1 aliphatic heterocycles. The van der Waals surface area contributed by atoms with E-state index in [1.165, 1.54) is 6.07 Å². The molecule has 3 aromatic heterocycles. The van der Waals surface area contributed by atoms with Gasteiger partial charge in [0.2, 0.25) is 6.17 Å². The third kappa shape index (κ3) is 4.63. The zero-order chi connectivity index (χ0) is 28.2. The van der Waals surface area contributed by atoms with Gasteiger partial charge in [0.25, 0.3) is 11.8 Å². The van der Waals surface area contributed by atoms with E-state index in [9.17, 15) is 9.18 Å². The molecule has 4 heterocycles. The Morgan fingerprint density at radius 1 is 0.929 bits per heavy atom. The number of anilines is 2. The van der Waals surface area contributed by atoms with Gasteiger partial charge in [-0.25, -0.2) is 24.3 Å². The van der Waals surface area contributed by atoms with Gasteiger partial charge in [0, 0.05) is 40.9 Å². The summed E-state index contributed by atoms with van der Waals surface area (Å²) in [5.74, 6) is 0.847. The number of benzene rings is 2. The molecule has 3 aliphatic rings. The molecule has 0 radical (unpaired) electrons. The summed E-state index contributed by atoms with van der Waals surface area (Å²) in [6.07, 6.45) is 6.95. The van der Waals surface area contributed by atoms with E-state index in [-0.39, 0.29) is 17.6 Å². The van der Waals surface area contributed by atoms with Crippen molar-refractivity contribution in [2.45, 2.75) is 43.7 Å². The second-order valence-electron chi connectivity index (χ2n) is 10.6. The molecule has 5 aromatic rings. The Morgan fingerprint density at radius 3 is 2.48 bits per heavy atom. The highest BCUT2D eigenvalue weighted by atomic mass is 32.1. The van der Waals surface area contributed by atoms with Gasteiger partial charge in [-0.2, -0.15) is 0 Å². The molecule has 1 atom stereocenters. The maximum absolute atomic E-state index is 14.8. The monoisotopic (exact) mass is 578 g/mol. The predicted octanol–water partition coefficient (Wildman–Crippen LogP) is 5.77. The fraction of sp³-hybridized carbons (Fsp3) is 0.233. The minimum absolute atomic E-state index is 0.0139. The number of amides is 1. The highest BCUT2D eigenvalue weighted by Crippen LogP contribution is 2.47. The van der Waals surface area contributed by atoms with Crippen molar-refractivity contribution < 1.29 is 13.6 Å². The molecule has 2 N–H and O–H groups in total. The summed E-state index contributed by atoms with van der Waals surface area (Å²) in [7, 11) is 0. The number of thiazole rings is 1. The Bertz CT molecular complexity index is 1840. The molecular formula is C30H23FN8O2S. The molecule has 8 rings (SSSR count). The van der Waals surface area contributed by atoms with Crippen LogP contribution < -0.4 is 10.6 Å². The van der Waals surface area contributed by atoms with Crippen LogP contribution in [0.2, 0.25) is 0 Å². The molecular weight excluding hydrogens is 555 g/mol. The van der Waals surface area contributed by atoms with Crippen LogP contribution in [-0.4, -0.2) is 42.9 Å². The normalized spacial score (nSPS) is 18.2. The van der Waals surface area contributed by atoms with E-state index in [2.05, 4.69) is 35.8 Å². The van der Waals surface area contributed by atoms with Gasteiger partial charge >= 0.3 is 6.01 Å². The molecule has 42 heavy (non-hydrogen) atoms. The number of halogens is 1. The third-order valence-electron chi connectivity index (χ3n) is 7.41. The number of nitrogens with zero attached hydrogens (tertiary/aromatic N) is 6. The van der Waals surface area contributed by atoms with Crippen LogP contribution in [-0.2, 0) is 4.79 Å². The Kier molecular flexibility index (Phi) is 5.88. The smallest absolute Gasteiger partial charge is 0.317 e. The molecule has 2 fully saturated rings. The standard InChI is InChI=1S/C30H23FN8O2S/c31-20-8-4-7-19-21(15-5-2-1-3-6-15)34-26(27(40)35-22(19)20)37-30-39-38-28(41-30)23-24(42-29(36-23)17-11-12-17)18-13-32-25(33-14-18)16-9-10-16/h1-8,13-14,16-17,26H,9-12H2,(H,35,40)(H,37,39)/t26-/m0/s1. The van der Waals surface area contributed by atoms with Crippen molar-refractivity contribution in [2.75, 3.05) is 10.6 Å². The zero-order valence-electron chi connectivity index (χ0n) is 22.1. The Labute approximate surface area is 243 Å². The summed E-state index contributed by atoms with van der Waals surface area (Å²) in [6, 6.07) is 13.9. The lowest BCUT2D eigenvalue weighted by atomic mass is 10.0. The number of nitrogens with one attached hydrogen (secondary N) is 2. The van der Waals surface area contributed by atoms with Crippen LogP contribution in [0.5, 0.6) is 0 Å². The lowest BCUT2D eigenvalue weighted by Crippen LogP contribution is -2.32. The molecule has 10 nitrogen and oxygen atoms in total. The van der Waals surface area contributed by atoms with Gasteiger partial charge in [-0.05, 0) is 31.7 Å². The SMILES string of the molecule is O=C1Nc2c(F)cccc2C(c2ccccc2)=N[C@H]1Nc1nnc(-c2nc(C3CC3)sc2-c2cnc(C3CC3)nc2)o1. The van der Waals surface area contributed by atoms with Crippen molar-refractivity contribution in [1.29, 1.82) is 0 Å². The van der Waals surface area contributed by atoms with Crippen LogP contribution in [0, 0.1) is 5.82 Å². The van der Waals surface area contributed by atoms with Crippen molar-refractivity contribution in [3.05, 3.63) is 88.7 Å². The minimum atomic E-state index is -1.17. The summed E-state index contributed by atoms with van der Waals surface area (Å²) in [5.41, 5.74) is 3.11. The van der Waals surface area contributed by atoms with Crippen molar-refractivity contribution in [3.8, 4) is 22.0 Å². The lowest BCUT2D eigenvalue weighted by Gasteiger charge is -2.11. The maximum Gasteiger partial charge on any atom is 0.317 e. The van der Waals surface area contributed by atoms with Gasteiger partial charge in [0.15, 0.2) is 0 Å². The Morgan fingerprint density at radius 2 is 1.71 bits per heavy atom.